The summed E-state index contributed by atoms with van der Waals surface area (Å²) in [5.41, 5.74) is -0.376. The summed E-state index contributed by atoms with van der Waals surface area (Å²) in [5, 5.41) is 10.1. The highest BCUT2D eigenvalue weighted by molar-refractivity contribution is 5.20. The Labute approximate surface area is 87.7 Å². The SMILES string of the molecule is OC1(Cc2ccc(F)cc2F)CCCC1. The predicted molar refractivity (Wildman–Crippen MR) is 53.5 cm³/mol. The molecule has 82 valence electrons. The lowest BCUT2D eigenvalue weighted by atomic mass is 9.93. The Morgan fingerprint density at radius 1 is 1.20 bits per heavy atom. The number of hydrogen-bond acceptors (Lipinski definition) is 1. The average molecular weight is 212 g/mol. The fourth-order valence-corrected chi connectivity index (χ4v) is 2.23. The summed E-state index contributed by atoms with van der Waals surface area (Å²) in [5.74, 6) is -1.13. The standard InChI is InChI=1S/C12H14F2O/c13-10-4-3-9(11(14)7-10)8-12(15)5-1-2-6-12/h3-4,7,15H,1-2,5-6,8H2. The van der Waals surface area contributed by atoms with E-state index in [1.54, 1.807) is 0 Å². The fraction of sp³-hybridized carbons (Fsp3) is 0.500. The van der Waals surface area contributed by atoms with Crippen molar-refractivity contribution >= 4 is 0 Å². The van der Waals surface area contributed by atoms with Gasteiger partial charge in [-0.05, 0) is 24.5 Å². The Morgan fingerprint density at radius 2 is 1.87 bits per heavy atom. The van der Waals surface area contributed by atoms with Crippen molar-refractivity contribution in [3.05, 3.63) is 35.4 Å². The minimum Gasteiger partial charge on any atom is -0.390 e. The zero-order valence-electron chi connectivity index (χ0n) is 8.47. The van der Waals surface area contributed by atoms with Gasteiger partial charge in [-0.3, -0.25) is 0 Å². The number of hydrogen-bond donors (Lipinski definition) is 1. The average Bonchev–Trinajstić information content (AvgIpc) is 2.58. The largest absolute Gasteiger partial charge is 0.390 e. The van der Waals surface area contributed by atoms with Gasteiger partial charge >= 0.3 is 0 Å². The molecule has 1 nitrogen and oxygen atoms in total. The molecule has 1 aliphatic rings. The third-order valence-electron chi connectivity index (χ3n) is 3.07. The molecule has 1 saturated carbocycles. The van der Waals surface area contributed by atoms with Crippen LogP contribution in [0.2, 0.25) is 0 Å². The van der Waals surface area contributed by atoms with Gasteiger partial charge in [-0.1, -0.05) is 18.9 Å². The molecular formula is C12H14F2O. The van der Waals surface area contributed by atoms with Crippen LogP contribution >= 0.6 is 0 Å². The van der Waals surface area contributed by atoms with Gasteiger partial charge in [0.15, 0.2) is 0 Å². The van der Waals surface area contributed by atoms with Crippen molar-refractivity contribution in [3.63, 3.8) is 0 Å². The molecule has 1 aliphatic carbocycles. The molecule has 2 rings (SSSR count). The number of halogens is 2. The lowest BCUT2D eigenvalue weighted by molar-refractivity contribution is 0.0473. The van der Waals surface area contributed by atoms with Gasteiger partial charge in [-0.2, -0.15) is 0 Å². The van der Waals surface area contributed by atoms with Crippen molar-refractivity contribution in [1.82, 2.24) is 0 Å². The molecule has 0 heterocycles. The second-order valence-corrected chi connectivity index (χ2v) is 4.34. The molecule has 1 aromatic rings. The van der Waals surface area contributed by atoms with Gasteiger partial charge < -0.3 is 5.11 Å². The van der Waals surface area contributed by atoms with Crippen molar-refractivity contribution in [2.45, 2.75) is 37.7 Å². The van der Waals surface area contributed by atoms with Crippen LogP contribution in [0.4, 0.5) is 8.78 Å². The van der Waals surface area contributed by atoms with Gasteiger partial charge in [-0.25, -0.2) is 8.78 Å². The normalized spacial score (nSPS) is 19.4. The topological polar surface area (TPSA) is 20.2 Å². The number of benzene rings is 1. The van der Waals surface area contributed by atoms with Gasteiger partial charge in [0, 0.05) is 12.5 Å². The molecule has 0 aliphatic heterocycles. The van der Waals surface area contributed by atoms with E-state index >= 15 is 0 Å². The highest BCUT2D eigenvalue weighted by atomic mass is 19.1. The van der Waals surface area contributed by atoms with Crippen molar-refractivity contribution < 1.29 is 13.9 Å². The highest BCUT2D eigenvalue weighted by Gasteiger charge is 2.31. The Kier molecular flexibility index (Phi) is 2.74. The molecule has 15 heavy (non-hydrogen) atoms. The second kappa shape index (κ2) is 3.89. The van der Waals surface area contributed by atoms with E-state index in [4.69, 9.17) is 0 Å². The fourth-order valence-electron chi connectivity index (χ4n) is 2.23. The zero-order chi connectivity index (χ0) is 10.9. The number of aliphatic hydroxyl groups is 1. The molecule has 1 fully saturated rings. The molecule has 1 N–H and O–H groups in total. The van der Waals surface area contributed by atoms with Crippen molar-refractivity contribution in [2.75, 3.05) is 0 Å². The Balaban J connectivity index is 2.16. The van der Waals surface area contributed by atoms with E-state index in [0.717, 1.165) is 18.9 Å². The molecule has 1 aromatic carbocycles. The van der Waals surface area contributed by atoms with E-state index in [1.807, 2.05) is 0 Å². The van der Waals surface area contributed by atoms with Gasteiger partial charge in [0.2, 0.25) is 0 Å². The maximum Gasteiger partial charge on any atom is 0.129 e. The first-order valence-corrected chi connectivity index (χ1v) is 5.25. The van der Waals surface area contributed by atoms with Gasteiger partial charge in [0.1, 0.15) is 11.6 Å². The molecule has 0 radical (unpaired) electrons. The summed E-state index contributed by atoms with van der Waals surface area (Å²) in [6.45, 7) is 0. The van der Waals surface area contributed by atoms with E-state index in [-0.39, 0.29) is 0 Å². The summed E-state index contributed by atoms with van der Waals surface area (Å²) in [6.07, 6.45) is 3.69. The summed E-state index contributed by atoms with van der Waals surface area (Å²) in [4.78, 5) is 0. The third-order valence-corrected chi connectivity index (χ3v) is 3.07. The first-order chi connectivity index (χ1) is 7.09. The van der Waals surface area contributed by atoms with Crippen LogP contribution in [0, 0.1) is 11.6 Å². The van der Waals surface area contributed by atoms with Crippen LogP contribution in [-0.4, -0.2) is 10.7 Å². The lowest BCUT2D eigenvalue weighted by Crippen LogP contribution is -2.27. The molecule has 3 heteroatoms. The lowest BCUT2D eigenvalue weighted by Gasteiger charge is -2.22. The third kappa shape index (κ3) is 2.34. The van der Waals surface area contributed by atoms with E-state index < -0.39 is 17.2 Å². The highest BCUT2D eigenvalue weighted by Crippen LogP contribution is 2.33. The maximum atomic E-state index is 13.3. The Hall–Kier alpha value is -0.960. The van der Waals surface area contributed by atoms with Crippen LogP contribution in [0.15, 0.2) is 18.2 Å². The summed E-state index contributed by atoms with van der Waals surface area (Å²) in [6, 6.07) is 3.52. The van der Waals surface area contributed by atoms with Crippen LogP contribution in [0.1, 0.15) is 31.2 Å². The van der Waals surface area contributed by atoms with Crippen molar-refractivity contribution in [1.29, 1.82) is 0 Å². The predicted octanol–water partition coefficient (Wildman–Crippen LogP) is 2.81. The van der Waals surface area contributed by atoms with Crippen LogP contribution in [0.25, 0.3) is 0 Å². The molecule has 0 amide bonds. The molecular weight excluding hydrogens is 198 g/mol. The van der Waals surface area contributed by atoms with Crippen molar-refractivity contribution in [2.24, 2.45) is 0 Å². The van der Waals surface area contributed by atoms with E-state index in [0.29, 0.717) is 24.8 Å². The molecule has 0 aromatic heterocycles. The minimum absolute atomic E-state index is 0.291. The molecule has 0 atom stereocenters. The van der Waals surface area contributed by atoms with E-state index in [2.05, 4.69) is 0 Å². The van der Waals surface area contributed by atoms with Crippen molar-refractivity contribution in [3.8, 4) is 0 Å². The first kappa shape index (κ1) is 10.6. The molecule has 0 spiro atoms. The Morgan fingerprint density at radius 3 is 2.47 bits per heavy atom. The minimum atomic E-state index is -0.779. The van der Waals surface area contributed by atoms with E-state index in [1.165, 1.54) is 12.1 Å². The summed E-state index contributed by atoms with van der Waals surface area (Å²) < 4.78 is 26.0. The second-order valence-electron chi connectivity index (χ2n) is 4.34. The quantitative estimate of drug-likeness (QED) is 0.799. The summed E-state index contributed by atoms with van der Waals surface area (Å²) >= 11 is 0. The van der Waals surface area contributed by atoms with E-state index in [9.17, 15) is 13.9 Å². The van der Waals surface area contributed by atoms with Crippen LogP contribution in [0.3, 0.4) is 0 Å². The number of rotatable bonds is 2. The smallest absolute Gasteiger partial charge is 0.129 e. The first-order valence-electron chi connectivity index (χ1n) is 5.25. The monoisotopic (exact) mass is 212 g/mol. The zero-order valence-corrected chi connectivity index (χ0v) is 8.47. The van der Waals surface area contributed by atoms with Crippen LogP contribution in [0.5, 0.6) is 0 Å². The molecule has 0 unspecified atom stereocenters. The molecule has 0 bridgehead atoms. The van der Waals surface area contributed by atoms with Crippen LogP contribution in [-0.2, 0) is 6.42 Å². The van der Waals surface area contributed by atoms with Gasteiger partial charge in [0.05, 0.1) is 5.60 Å². The van der Waals surface area contributed by atoms with Crippen LogP contribution < -0.4 is 0 Å². The summed E-state index contributed by atoms with van der Waals surface area (Å²) in [7, 11) is 0. The molecule has 0 saturated heterocycles. The van der Waals surface area contributed by atoms with Gasteiger partial charge in [0.25, 0.3) is 0 Å². The Bertz CT molecular complexity index is 357. The maximum absolute atomic E-state index is 13.3. The van der Waals surface area contributed by atoms with Gasteiger partial charge in [-0.15, -0.1) is 0 Å².